The number of halogens is 1. The molecule has 0 saturated carbocycles. The SMILES string of the molecule is CNC(=O)CCC(C=O)N(C)C(=O)c1c(C=O)cccc1NCCCCCCNC(=O)CCCC(=O)Nc1cc2cc(-c3cncc(N)c3C)c(F)c(N)c2cn1. The number of carbonyl (C=O) groups is 6. The van der Waals surface area contributed by atoms with E-state index in [1.54, 1.807) is 31.2 Å². The Morgan fingerprint density at radius 1 is 0.895 bits per heavy atom. The number of nitrogens with zero attached hydrogens (tertiary/aromatic N) is 3. The molecule has 1 unspecified atom stereocenters. The lowest BCUT2D eigenvalue weighted by Crippen LogP contribution is -2.39. The van der Waals surface area contributed by atoms with E-state index in [4.69, 9.17) is 11.5 Å². The number of pyridine rings is 2. The zero-order chi connectivity index (χ0) is 41.5. The van der Waals surface area contributed by atoms with E-state index < -0.39 is 17.8 Å². The minimum Gasteiger partial charge on any atom is -0.397 e. The number of fused-ring (bicyclic) bond motifs is 1. The van der Waals surface area contributed by atoms with Crippen molar-refractivity contribution < 1.29 is 33.2 Å². The maximum atomic E-state index is 15.2. The Bertz CT molecular complexity index is 2110. The van der Waals surface area contributed by atoms with Crippen molar-refractivity contribution in [2.45, 2.75) is 70.8 Å². The molecule has 4 aromatic rings. The third-order valence-corrected chi connectivity index (χ3v) is 9.72. The first-order valence-electron chi connectivity index (χ1n) is 18.8. The van der Waals surface area contributed by atoms with Crippen LogP contribution in [0, 0.1) is 12.7 Å². The van der Waals surface area contributed by atoms with Crippen molar-refractivity contribution >= 4 is 69.9 Å². The van der Waals surface area contributed by atoms with Crippen LogP contribution < -0.4 is 32.7 Å². The zero-order valence-corrected chi connectivity index (χ0v) is 32.5. The molecule has 0 fully saturated rings. The number of anilines is 4. The molecule has 16 heteroatoms. The summed E-state index contributed by atoms with van der Waals surface area (Å²) in [6.07, 6.45) is 9.65. The first kappa shape index (κ1) is 43.3. The highest BCUT2D eigenvalue weighted by Gasteiger charge is 2.26. The molecule has 4 rings (SSSR count). The average molecular weight is 784 g/mol. The Morgan fingerprint density at radius 3 is 2.35 bits per heavy atom. The molecule has 0 aliphatic rings. The summed E-state index contributed by atoms with van der Waals surface area (Å²) in [5, 5.41) is 12.3. The highest BCUT2D eigenvalue weighted by molar-refractivity contribution is 6.07. The summed E-state index contributed by atoms with van der Waals surface area (Å²) in [4.78, 5) is 83.2. The second-order valence-corrected chi connectivity index (χ2v) is 13.7. The maximum Gasteiger partial charge on any atom is 0.257 e. The van der Waals surface area contributed by atoms with Crippen molar-refractivity contribution in [1.82, 2.24) is 25.5 Å². The van der Waals surface area contributed by atoms with Gasteiger partial charge in [-0.1, -0.05) is 25.0 Å². The van der Waals surface area contributed by atoms with Gasteiger partial charge in [0.1, 0.15) is 12.1 Å². The molecule has 0 aliphatic heterocycles. The van der Waals surface area contributed by atoms with Crippen LogP contribution in [0.2, 0.25) is 0 Å². The van der Waals surface area contributed by atoms with Gasteiger partial charge in [0.15, 0.2) is 12.1 Å². The highest BCUT2D eigenvalue weighted by Crippen LogP contribution is 2.36. The predicted molar refractivity (Wildman–Crippen MR) is 218 cm³/mol. The fourth-order valence-corrected chi connectivity index (χ4v) is 6.27. The lowest BCUT2D eigenvalue weighted by atomic mass is 9.97. The van der Waals surface area contributed by atoms with Crippen LogP contribution >= 0.6 is 0 Å². The number of hydrogen-bond acceptors (Lipinski definition) is 11. The molecule has 1 atom stereocenters. The topological polar surface area (TPSA) is 232 Å². The molecule has 2 aromatic carbocycles. The van der Waals surface area contributed by atoms with Gasteiger partial charge < -0.3 is 42.4 Å². The molecule has 2 heterocycles. The number of amides is 4. The van der Waals surface area contributed by atoms with Gasteiger partial charge in [-0.25, -0.2) is 9.37 Å². The quantitative estimate of drug-likeness (QED) is 0.0382. The van der Waals surface area contributed by atoms with Crippen LogP contribution in [0.3, 0.4) is 0 Å². The first-order valence-corrected chi connectivity index (χ1v) is 18.8. The van der Waals surface area contributed by atoms with E-state index in [0.29, 0.717) is 65.4 Å². The largest absolute Gasteiger partial charge is 0.397 e. The van der Waals surface area contributed by atoms with Gasteiger partial charge in [-0.15, -0.1) is 0 Å². The molecule has 8 N–H and O–H groups in total. The monoisotopic (exact) mass is 783 g/mol. The Morgan fingerprint density at radius 2 is 1.63 bits per heavy atom. The van der Waals surface area contributed by atoms with Crippen LogP contribution in [-0.2, 0) is 19.2 Å². The van der Waals surface area contributed by atoms with Crippen molar-refractivity contribution in [2.75, 3.05) is 49.3 Å². The summed E-state index contributed by atoms with van der Waals surface area (Å²) in [6, 6.07) is 7.29. The second-order valence-electron chi connectivity index (χ2n) is 13.7. The first-order chi connectivity index (χ1) is 27.4. The standard InChI is InChI=1S/C41H50FN9O6/c1-25-30(20-46-22-32(25)43)29-18-27-19-34(49-21-31(27)40(44)39(29)42)50-37(56)13-9-12-36(55)48-17-7-5-4-6-16-47-33-11-8-10-26(23-52)38(33)41(57)51(3)28(24-53)14-15-35(54)45-2/h8,10-11,18-24,28,47H,4-7,9,12-17,43-44H2,1-3H3,(H,45,54)(H,48,55)(H,49,50,56). The highest BCUT2D eigenvalue weighted by atomic mass is 19.1. The van der Waals surface area contributed by atoms with Gasteiger partial charge in [0.25, 0.3) is 5.91 Å². The smallest absolute Gasteiger partial charge is 0.257 e. The Balaban J connectivity index is 1.16. The van der Waals surface area contributed by atoms with E-state index in [0.717, 1.165) is 25.7 Å². The summed E-state index contributed by atoms with van der Waals surface area (Å²) in [7, 11) is 2.96. The number of nitrogens with two attached hydrogens (primary N) is 2. The molecule has 2 aromatic heterocycles. The van der Waals surface area contributed by atoms with Crippen LogP contribution in [0.4, 0.5) is 27.3 Å². The number of likely N-dealkylation sites (N-methyl/N-ethyl adjacent to an activating group) is 1. The third kappa shape index (κ3) is 11.5. The second kappa shape index (κ2) is 21.0. The number of aromatic nitrogens is 2. The molecule has 0 aliphatic carbocycles. The number of benzene rings is 2. The number of hydrogen-bond donors (Lipinski definition) is 6. The van der Waals surface area contributed by atoms with Gasteiger partial charge in [0.05, 0.1) is 29.2 Å². The molecule has 15 nitrogen and oxygen atoms in total. The lowest BCUT2D eigenvalue weighted by molar-refractivity contribution is -0.122. The number of unbranched alkanes of at least 4 members (excludes halogenated alkanes) is 3. The van der Waals surface area contributed by atoms with E-state index in [2.05, 4.69) is 31.2 Å². The summed E-state index contributed by atoms with van der Waals surface area (Å²) in [5.41, 5.74) is 14.7. The van der Waals surface area contributed by atoms with Crippen molar-refractivity contribution in [1.29, 1.82) is 0 Å². The van der Waals surface area contributed by atoms with Gasteiger partial charge >= 0.3 is 0 Å². The molecule has 4 amide bonds. The molecule has 0 bridgehead atoms. The summed E-state index contributed by atoms with van der Waals surface area (Å²) in [6.45, 7) is 2.78. The Kier molecular flexibility index (Phi) is 16.0. The van der Waals surface area contributed by atoms with Crippen molar-refractivity contribution in [3.05, 3.63) is 71.4 Å². The van der Waals surface area contributed by atoms with Gasteiger partial charge in [-0.2, -0.15) is 0 Å². The molecule has 57 heavy (non-hydrogen) atoms. The minimum atomic E-state index is -0.836. The molecule has 0 radical (unpaired) electrons. The number of rotatable bonds is 21. The third-order valence-electron chi connectivity index (χ3n) is 9.72. The van der Waals surface area contributed by atoms with Crippen LogP contribution in [0.1, 0.15) is 84.1 Å². The fourth-order valence-electron chi connectivity index (χ4n) is 6.27. The van der Waals surface area contributed by atoms with Crippen LogP contribution in [0.15, 0.2) is 48.9 Å². The van der Waals surface area contributed by atoms with E-state index in [1.165, 1.54) is 43.7 Å². The van der Waals surface area contributed by atoms with Gasteiger partial charge in [-0.3, -0.25) is 29.0 Å². The van der Waals surface area contributed by atoms with E-state index in [-0.39, 0.29) is 71.6 Å². The normalized spacial score (nSPS) is 11.4. The number of aldehydes is 2. The Labute approximate surface area is 330 Å². The van der Waals surface area contributed by atoms with Crippen molar-refractivity contribution in [2.24, 2.45) is 0 Å². The van der Waals surface area contributed by atoms with Gasteiger partial charge in [-0.05, 0) is 61.8 Å². The van der Waals surface area contributed by atoms with Gasteiger partial charge in [0, 0.05) is 86.6 Å². The average Bonchev–Trinajstić information content (AvgIpc) is 3.20. The summed E-state index contributed by atoms with van der Waals surface area (Å²) in [5.74, 6) is -1.58. The molecule has 0 spiro atoms. The maximum absolute atomic E-state index is 15.2. The van der Waals surface area contributed by atoms with Crippen molar-refractivity contribution in [3.63, 3.8) is 0 Å². The van der Waals surface area contributed by atoms with Crippen molar-refractivity contribution in [3.8, 4) is 11.1 Å². The lowest BCUT2D eigenvalue weighted by Gasteiger charge is -2.25. The minimum absolute atomic E-state index is 0.0718. The Hall–Kier alpha value is -6.45. The molecular formula is C41H50FN9O6. The van der Waals surface area contributed by atoms with E-state index in [1.807, 2.05) is 0 Å². The molecule has 302 valence electrons. The number of nitrogens with one attached hydrogen (secondary N) is 4. The van der Waals surface area contributed by atoms with E-state index in [9.17, 15) is 28.8 Å². The predicted octanol–water partition coefficient (Wildman–Crippen LogP) is 4.78. The summed E-state index contributed by atoms with van der Waals surface area (Å²) < 4.78 is 15.2. The summed E-state index contributed by atoms with van der Waals surface area (Å²) >= 11 is 0. The van der Waals surface area contributed by atoms with Crippen LogP contribution in [0.5, 0.6) is 0 Å². The fraction of sp³-hybridized carbons (Fsp3) is 0.366. The number of carbonyl (C=O) groups excluding carboxylic acids is 6. The van der Waals surface area contributed by atoms with Gasteiger partial charge in [0.2, 0.25) is 17.7 Å². The molecular weight excluding hydrogens is 734 g/mol. The zero-order valence-electron chi connectivity index (χ0n) is 32.5. The van der Waals surface area contributed by atoms with E-state index >= 15 is 4.39 Å². The molecule has 0 saturated heterocycles. The van der Waals surface area contributed by atoms with Crippen LogP contribution in [-0.4, -0.2) is 84.3 Å². The number of nitrogen functional groups attached to an aromatic ring is 2. The van der Waals surface area contributed by atoms with Crippen LogP contribution in [0.25, 0.3) is 21.9 Å².